The van der Waals surface area contributed by atoms with Gasteiger partial charge in [-0.05, 0) is 0 Å². The molecule has 0 aromatic rings. The number of hydrogen-bond acceptors (Lipinski definition) is 1. The average Bonchev–Trinajstić information content (AvgIpc) is 1.38. The minimum Gasteiger partial charge on any atom is -0.360 e. The SMILES string of the molecule is C[C-](C)CN.[CH3-].[Y]. The normalized spacial score (nSPS) is 6.86. The summed E-state index contributed by atoms with van der Waals surface area (Å²) in [4.78, 5) is 0. The molecule has 0 saturated carbocycles. The molecule has 0 aliphatic carbocycles. The van der Waals surface area contributed by atoms with Crippen molar-refractivity contribution in [2.75, 3.05) is 6.54 Å². The standard InChI is InChI=1S/C4H10N.CH3.Y/c1-4(2)3-5;;/h3,5H2,1-2H3;1H3;/q2*-1;. The van der Waals surface area contributed by atoms with E-state index in [1.807, 2.05) is 13.8 Å². The van der Waals surface area contributed by atoms with Crippen molar-refractivity contribution >= 4 is 0 Å². The van der Waals surface area contributed by atoms with E-state index in [4.69, 9.17) is 5.73 Å². The van der Waals surface area contributed by atoms with Gasteiger partial charge >= 0.3 is 0 Å². The van der Waals surface area contributed by atoms with Gasteiger partial charge in [-0.15, -0.1) is 6.54 Å². The van der Waals surface area contributed by atoms with Gasteiger partial charge in [0.25, 0.3) is 0 Å². The Morgan fingerprint density at radius 3 is 1.57 bits per heavy atom. The molecule has 0 aliphatic heterocycles. The molecule has 2 heteroatoms. The van der Waals surface area contributed by atoms with Crippen molar-refractivity contribution in [3.05, 3.63) is 13.3 Å². The van der Waals surface area contributed by atoms with Crippen LogP contribution in [0.2, 0.25) is 0 Å². The summed E-state index contributed by atoms with van der Waals surface area (Å²) < 4.78 is 0. The van der Waals surface area contributed by atoms with Crippen molar-refractivity contribution in [1.82, 2.24) is 0 Å². The minimum atomic E-state index is 0. The molecule has 0 heterocycles. The zero-order valence-corrected chi connectivity index (χ0v) is 8.20. The maximum Gasteiger partial charge on any atom is 0 e. The molecule has 7 heavy (non-hydrogen) atoms. The Hall–Kier alpha value is 1.06. The van der Waals surface area contributed by atoms with Gasteiger partial charge in [0, 0.05) is 32.7 Å². The second-order valence-electron chi connectivity index (χ2n) is 1.41. The van der Waals surface area contributed by atoms with Crippen molar-refractivity contribution in [1.29, 1.82) is 0 Å². The van der Waals surface area contributed by atoms with E-state index in [0.29, 0.717) is 0 Å². The van der Waals surface area contributed by atoms with Crippen molar-refractivity contribution in [2.24, 2.45) is 5.73 Å². The van der Waals surface area contributed by atoms with Crippen LogP contribution in [0.5, 0.6) is 0 Å². The van der Waals surface area contributed by atoms with Gasteiger partial charge < -0.3 is 19.1 Å². The fourth-order valence-corrected chi connectivity index (χ4v) is 0. The molecule has 43 valence electrons. The fourth-order valence-electron chi connectivity index (χ4n) is 0. The second-order valence-corrected chi connectivity index (χ2v) is 1.41. The van der Waals surface area contributed by atoms with Crippen LogP contribution in [0.4, 0.5) is 0 Å². The first-order valence-corrected chi connectivity index (χ1v) is 1.76. The van der Waals surface area contributed by atoms with E-state index in [2.05, 4.69) is 0 Å². The van der Waals surface area contributed by atoms with Crippen molar-refractivity contribution in [3.8, 4) is 0 Å². The molecule has 0 atom stereocenters. The van der Waals surface area contributed by atoms with E-state index in [1.54, 1.807) is 0 Å². The average molecular weight is 176 g/mol. The van der Waals surface area contributed by atoms with Crippen LogP contribution in [-0.2, 0) is 32.7 Å². The Balaban J connectivity index is -0.0000000800. The van der Waals surface area contributed by atoms with Crippen LogP contribution in [0.15, 0.2) is 0 Å². The van der Waals surface area contributed by atoms with Crippen molar-refractivity contribution in [3.63, 3.8) is 0 Å². The summed E-state index contributed by atoms with van der Waals surface area (Å²) in [6.45, 7) is 4.75. The molecule has 0 saturated heterocycles. The molecule has 0 spiro atoms. The molecule has 0 bridgehead atoms. The molecule has 0 aliphatic rings. The Labute approximate surface area is 71.9 Å². The summed E-state index contributed by atoms with van der Waals surface area (Å²) in [5.41, 5.74) is 5.13. The summed E-state index contributed by atoms with van der Waals surface area (Å²) in [5, 5.41) is 0. The van der Waals surface area contributed by atoms with E-state index in [0.717, 1.165) is 6.54 Å². The van der Waals surface area contributed by atoms with Gasteiger partial charge in [0.15, 0.2) is 0 Å². The third-order valence-corrected chi connectivity index (χ3v) is 0.408. The largest absolute Gasteiger partial charge is 0.360 e. The van der Waals surface area contributed by atoms with Crippen LogP contribution in [0, 0.1) is 13.3 Å². The Kier molecular flexibility index (Phi) is 22.7. The van der Waals surface area contributed by atoms with Crippen molar-refractivity contribution < 1.29 is 32.7 Å². The monoisotopic (exact) mass is 176 g/mol. The number of hydrogen-bond donors (Lipinski definition) is 1. The molecule has 0 rings (SSSR count). The topological polar surface area (TPSA) is 26.0 Å². The van der Waals surface area contributed by atoms with Crippen LogP contribution < -0.4 is 5.73 Å². The maximum absolute atomic E-state index is 5.13. The zero-order chi connectivity index (χ0) is 4.28. The van der Waals surface area contributed by atoms with E-state index < -0.39 is 0 Å². The summed E-state index contributed by atoms with van der Waals surface area (Å²) in [7, 11) is 0. The summed E-state index contributed by atoms with van der Waals surface area (Å²) in [6, 6.07) is 0. The summed E-state index contributed by atoms with van der Waals surface area (Å²) >= 11 is 0. The molecular formula is C5H13NY-2. The molecule has 0 aromatic carbocycles. The summed E-state index contributed by atoms with van der Waals surface area (Å²) in [6.07, 6.45) is 0. The van der Waals surface area contributed by atoms with Crippen LogP contribution >= 0.6 is 0 Å². The quantitative estimate of drug-likeness (QED) is 0.592. The van der Waals surface area contributed by atoms with Gasteiger partial charge in [-0.2, -0.15) is 13.8 Å². The molecule has 0 fully saturated rings. The van der Waals surface area contributed by atoms with Crippen molar-refractivity contribution in [2.45, 2.75) is 13.8 Å². The minimum absolute atomic E-state index is 0. The van der Waals surface area contributed by atoms with E-state index in [-0.39, 0.29) is 40.1 Å². The molecular weight excluding hydrogens is 163 g/mol. The second kappa shape index (κ2) is 10.1. The molecule has 0 unspecified atom stereocenters. The predicted octanol–water partition coefficient (Wildman–Crippen LogP) is 1.01. The molecule has 1 nitrogen and oxygen atoms in total. The Bertz CT molecular complexity index is 22.0. The Morgan fingerprint density at radius 1 is 1.43 bits per heavy atom. The zero-order valence-electron chi connectivity index (χ0n) is 5.36. The van der Waals surface area contributed by atoms with Gasteiger partial charge in [0.2, 0.25) is 0 Å². The smallest absolute Gasteiger partial charge is 0 e. The predicted molar refractivity (Wildman–Crippen MR) is 30.1 cm³/mol. The third-order valence-electron chi connectivity index (χ3n) is 0.408. The number of nitrogens with two attached hydrogens (primary N) is 1. The van der Waals surface area contributed by atoms with E-state index in [1.165, 1.54) is 5.92 Å². The molecule has 0 amide bonds. The number of rotatable bonds is 1. The fraction of sp³-hybridized carbons (Fsp3) is 0.600. The van der Waals surface area contributed by atoms with E-state index >= 15 is 0 Å². The van der Waals surface area contributed by atoms with Gasteiger partial charge in [-0.3, -0.25) is 0 Å². The molecule has 1 radical (unpaired) electrons. The van der Waals surface area contributed by atoms with Crippen LogP contribution in [0.3, 0.4) is 0 Å². The van der Waals surface area contributed by atoms with Crippen LogP contribution in [0.25, 0.3) is 0 Å². The van der Waals surface area contributed by atoms with Crippen LogP contribution in [-0.4, -0.2) is 6.54 Å². The summed E-state index contributed by atoms with van der Waals surface area (Å²) in [5.74, 6) is 1.28. The van der Waals surface area contributed by atoms with Gasteiger partial charge in [-0.25, -0.2) is 0 Å². The van der Waals surface area contributed by atoms with Gasteiger partial charge in [-0.1, -0.05) is 0 Å². The maximum atomic E-state index is 5.13. The molecule has 2 N–H and O–H groups in total. The molecule has 0 aromatic heterocycles. The first kappa shape index (κ1) is 15.7. The first-order valence-electron chi connectivity index (χ1n) is 1.76. The Morgan fingerprint density at radius 2 is 1.57 bits per heavy atom. The first-order chi connectivity index (χ1) is 2.27. The van der Waals surface area contributed by atoms with Gasteiger partial charge in [0.1, 0.15) is 0 Å². The van der Waals surface area contributed by atoms with Gasteiger partial charge in [0.05, 0.1) is 0 Å². The van der Waals surface area contributed by atoms with Crippen LogP contribution in [0.1, 0.15) is 13.8 Å². The third kappa shape index (κ3) is 19.3. The van der Waals surface area contributed by atoms with E-state index in [9.17, 15) is 0 Å².